The third kappa shape index (κ3) is 3.30. The van der Waals surface area contributed by atoms with Crippen LogP contribution >= 0.6 is 0 Å². The Bertz CT molecular complexity index is 685. The molecule has 21 heavy (non-hydrogen) atoms. The second kappa shape index (κ2) is 5.95. The van der Waals surface area contributed by atoms with Crippen molar-refractivity contribution in [3.8, 4) is 5.75 Å². The van der Waals surface area contributed by atoms with Crippen LogP contribution in [0.25, 0.3) is 0 Å². The number of nitrogens with zero attached hydrogens (tertiary/aromatic N) is 3. The summed E-state index contributed by atoms with van der Waals surface area (Å²) in [4.78, 5) is 30.1. The minimum absolute atomic E-state index is 0.0628. The van der Waals surface area contributed by atoms with Gasteiger partial charge in [0.05, 0.1) is 23.9 Å². The Morgan fingerprint density at radius 1 is 1.33 bits per heavy atom. The van der Waals surface area contributed by atoms with Crippen molar-refractivity contribution in [1.82, 2.24) is 9.97 Å². The van der Waals surface area contributed by atoms with Gasteiger partial charge in [-0.25, -0.2) is 4.98 Å². The number of nitro benzene ring substituents is 1. The maximum Gasteiger partial charge on any atom is 0.311 e. The van der Waals surface area contributed by atoms with E-state index in [4.69, 9.17) is 4.74 Å². The first-order valence-electron chi connectivity index (χ1n) is 5.93. The predicted molar refractivity (Wildman–Crippen MR) is 74.4 cm³/mol. The lowest BCUT2D eigenvalue weighted by atomic mass is 10.2. The number of aryl methyl sites for hydroxylation is 1. The summed E-state index contributed by atoms with van der Waals surface area (Å²) < 4.78 is 4.93. The molecule has 1 heterocycles. The minimum atomic E-state index is -0.560. The predicted octanol–water partition coefficient (Wildman–Crippen LogP) is 1.95. The van der Waals surface area contributed by atoms with Crippen molar-refractivity contribution in [2.24, 2.45) is 0 Å². The van der Waals surface area contributed by atoms with Crippen molar-refractivity contribution in [2.75, 3.05) is 12.4 Å². The lowest BCUT2D eigenvalue weighted by molar-refractivity contribution is -0.385. The summed E-state index contributed by atoms with van der Waals surface area (Å²) in [6.07, 6.45) is 2.83. The zero-order valence-electron chi connectivity index (χ0n) is 11.4. The van der Waals surface area contributed by atoms with Gasteiger partial charge in [0.1, 0.15) is 5.69 Å². The van der Waals surface area contributed by atoms with Crippen LogP contribution in [0.3, 0.4) is 0 Å². The molecule has 8 nitrogen and oxygen atoms in total. The molecule has 0 aliphatic heterocycles. The van der Waals surface area contributed by atoms with Gasteiger partial charge in [-0.2, -0.15) is 0 Å². The summed E-state index contributed by atoms with van der Waals surface area (Å²) >= 11 is 0. The quantitative estimate of drug-likeness (QED) is 0.680. The van der Waals surface area contributed by atoms with Crippen molar-refractivity contribution >= 4 is 17.3 Å². The molecule has 0 unspecified atom stereocenters. The highest BCUT2D eigenvalue weighted by molar-refractivity contribution is 6.02. The van der Waals surface area contributed by atoms with Gasteiger partial charge in [0.2, 0.25) is 0 Å². The van der Waals surface area contributed by atoms with Crippen LogP contribution in [-0.4, -0.2) is 27.9 Å². The summed E-state index contributed by atoms with van der Waals surface area (Å²) in [6, 6.07) is 4.05. The van der Waals surface area contributed by atoms with E-state index in [1.54, 1.807) is 6.92 Å². The number of amides is 1. The smallest absolute Gasteiger partial charge is 0.311 e. The number of aromatic nitrogens is 2. The molecule has 2 aromatic rings. The molecule has 0 saturated carbocycles. The van der Waals surface area contributed by atoms with Crippen molar-refractivity contribution in [3.63, 3.8) is 0 Å². The summed E-state index contributed by atoms with van der Waals surface area (Å²) in [6.45, 7) is 1.76. The summed E-state index contributed by atoms with van der Waals surface area (Å²) in [5, 5.41) is 13.4. The van der Waals surface area contributed by atoms with Gasteiger partial charge in [0, 0.05) is 24.0 Å². The van der Waals surface area contributed by atoms with Crippen LogP contribution in [0, 0.1) is 17.0 Å². The highest BCUT2D eigenvalue weighted by atomic mass is 16.6. The van der Waals surface area contributed by atoms with Gasteiger partial charge in [0.25, 0.3) is 5.91 Å². The van der Waals surface area contributed by atoms with E-state index in [0.29, 0.717) is 11.4 Å². The van der Waals surface area contributed by atoms with Gasteiger partial charge in [-0.3, -0.25) is 19.9 Å². The SMILES string of the molecule is COc1cc(NC(=O)c2cnc(C)cn2)ccc1[N+](=O)[O-]. The maximum absolute atomic E-state index is 12.0. The number of hydrogen-bond acceptors (Lipinski definition) is 6. The molecule has 8 heteroatoms. The van der Waals surface area contributed by atoms with E-state index in [2.05, 4.69) is 15.3 Å². The number of methoxy groups -OCH3 is 1. The standard InChI is InChI=1S/C13H12N4O4/c1-8-6-15-10(7-14-8)13(18)16-9-3-4-11(17(19)20)12(5-9)21-2/h3-7H,1-2H3,(H,16,18). The number of carbonyl (C=O) groups excluding carboxylic acids is 1. The number of ether oxygens (including phenoxy) is 1. The van der Waals surface area contributed by atoms with Gasteiger partial charge in [0.15, 0.2) is 5.75 Å². The van der Waals surface area contributed by atoms with Crippen molar-refractivity contribution in [2.45, 2.75) is 6.92 Å². The highest BCUT2D eigenvalue weighted by Crippen LogP contribution is 2.29. The van der Waals surface area contributed by atoms with Crippen LogP contribution in [-0.2, 0) is 0 Å². The molecule has 0 fully saturated rings. The van der Waals surface area contributed by atoms with Crippen molar-refractivity contribution in [1.29, 1.82) is 0 Å². The normalized spacial score (nSPS) is 10.0. The monoisotopic (exact) mass is 288 g/mol. The van der Waals surface area contributed by atoms with E-state index in [-0.39, 0.29) is 17.1 Å². The molecule has 0 atom stereocenters. The molecule has 108 valence electrons. The molecule has 0 saturated heterocycles. The van der Waals surface area contributed by atoms with Crippen molar-refractivity contribution in [3.05, 3.63) is 52.1 Å². The van der Waals surface area contributed by atoms with E-state index in [0.717, 1.165) is 0 Å². The lowest BCUT2D eigenvalue weighted by Gasteiger charge is -2.07. The first-order chi connectivity index (χ1) is 10.0. The molecule has 1 N–H and O–H groups in total. The van der Waals surface area contributed by atoms with E-state index >= 15 is 0 Å². The lowest BCUT2D eigenvalue weighted by Crippen LogP contribution is -2.14. The van der Waals surface area contributed by atoms with Crippen LogP contribution in [0.4, 0.5) is 11.4 Å². The molecule has 0 aliphatic carbocycles. The Hall–Kier alpha value is -3.03. The van der Waals surface area contributed by atoms with E-state index in [1.807, 2.05) is 0 Å². The van der Waals surface area contributed by atoms with E-state index < -0.39 is 10.8 Å². The summed E-state index contributed by atoms with van der Waals surface area (Å²) in [5.41, 5.74) is 1.04. The molecule has 1 amide bonds. The molecule has 0 radical (unpaired) electrons. The molecular weight excluding hydrogens is 276 g/mol. The second-order valence-corrected chi connectivity index (χ2v) is 4.14. The fourth-order valence-electron chi connectivity index (χ4n) is 1.61. The Kier molecular flexibility index (Phi) is 4.07. The average Bonchev–Trinajstić information content (AvgIpc) is 2.47. The third-order valence-electron chi connectivity index (χ3n) is 2.65. The molecule has 0 spiro atoms. The molecule has 1 aromatic carbocycles. The average molecular weight is 288 g/mol. The van der Waals surface area contributed by atoms with Crippen LogP contribution < -0.4 is 10.1 Å². The number of nitrogens with one attached hydrogen (secondary N) is 1. The van der Waals surface area contributed by atoms with Gasteiger partial charge in [-0.1, -0.05) is 0 Å². The topological polar surface area (TPSA) is 107 Å². The Morgan fingerprint density at radius 2 is 2.10 bits per heavy atom. The first-order valence-corrected chi connectivity index (χ1v) is 5.93. The number of nitro groups is 1. The van der Waals surface area contributed by atoms with E-state index in [9.17, 15) is 14.9 Å². The molecular formula is C13H12N4O4. The highest BCUT2D eigenvalue weighted by Gasteiger charge is 2.16. The summed E-state index contributed by atoms with van der Waals surface area (Å²) in [7, 11) is 1.32. The molecule has 0 aliphatic rings. The zero-order chi connectivity index (χ0) is 15.4. The van der Waals surface area contributed by atoms with Gasteiger partial charge >= 0.3 is 5.69 Å². The van der Waals surface area contributed by atoms with E-state index in [1.165, 1.54) is 37.7 Å². The largest absolute Gasteiger partial charge is 0.490 e. The minimum Gasteiger partial charge on any atom is -0.490 e. The van der Waals surface area contributed by atoms with Gasteiger partial charge < -0.3 is 10.1 Å². The molecule has 2 rings (SSSR count). The van der Waals surface area contributed by atoms with Gasteiger partial charge in [-0.15, -0.1) is 0 Å². The van der Waals surface area contributed by atoms with Gasteiger partial charge in [-0.05, 0) is 13.0 Å². The Labute approximate surface area is 120 Å². The number of hydrogen-bond donors (Lipinski definition) is 1. The number of rotatable bonds is 4. The fourth-order valence-corrected chi connectivity index (χ4v) is 1.61. The number of benzene rings is 1. The van der Waals surface area contributed by atoms with Crippen LogP contribution in [0.5, 0.6) is 5.75 Å². The molecule has 0 bridgehead atoms. The Balaban J connectivity index is 2.21. The maximum atomic E-state index is 12.0. The first kappa shape index (κ1) is 14.4. The second-order valence-electron chi connectivity index (χ2n) is 4.14. The zero-order valence-corrected chi connectivity index (χ0v) is 11.4. The van der Waals surface area contributed by atoms with Crippen molar-refractivity contribution < 1.29 is 14.5 Å². The third-order valence-corrected chi connectivity index (χ3v) is 2.65. The number of anilines is 1. The summed E-state index contributed by atoms with van der Waals surface area (Å²) in [5.74, 6) is -0.397. The van der Waals surface area contributed by atoms with Crippen LogP contribution in [0.1, 0.15) is 16.2 Å². The fraction of sp³-hybridized carbons (Fsp3) is 0.154. The van der Waals surface area contributed by atoms with Crippen LogP contribution in [0.15, 0.2) is 30.6 Å². The molecule has 1 aromatic heterocycles. The van der Waals surface area contributed by atoms with Crippen LogP contribution in [0.2, 0.25) is 0 Å². The Morgan fingerprint density at radius 3 is 2.67 bits per heavy atom. The number of carbonyl (C=O) groups is 1.